The molecule has 0 amide bonds. The SMILES string of the molecule is CC(C)(C)c1ccc(C2C[C@@H](O)c3cc(Cl)ccc3O2)s1. The molecule has 2 heterocycles. The summed E-state index contributed by atoms with van der Waals surface area (Å²) in [4.78, 5) is 2.50. The number of aliphatic hydroxyl groups excluding tert-OH is 1. The summed E-state index contributed by atoms with van der Waals surface area (Å²) in [5, 5.41) is 11.0. The van der Waals surface area contributed by atoms with Gasteiger partial charge < -0.3 is 9.84 Å². The summed E-state index contributed by atoms with van der Waals surface area (Å²) >= 11 is 7.75. The minimum absolute atomic E-state index is 0.0882. The van der Waals surface area contributed by atoms with Crippen LogP contribution in [0.2, 0.25) is 5.02 Å². The lowest BCUT2D eigenvalue weighted by Gasteiger charge is -2.29. The second-order valence-corrected chi connectivity index (χ2v) is 8.04. The summed E-state index contributed by atoms with van der Waals surface area (Å²) in [6, 6.07) is 9.69. The lowest BCUT2D eigenvalue weighted by Crippen LogP contribution is -2.18. The van der Waals surface area contributed by atoms with E-state index in [4.69, 9.17) is 16.3 Å². The van der Waals surface area contributed by atoms with E-state index in [9.17, 15) is 5.11 Å². The third kappa shape index (κ3) is 2.96. The molecule has 0 bridgehead atoms. The molecular weight excluding hydrogens is 304 g/mol. The van der Waals surface area contributed by atoms with Crippen molar-refractivity contribution in [2.75, 3.05) is 0 Å². The average molecular weight is 323 g/mol. The van der Waals surface area contributed by atoms with Crippen molar-refractivity contribution in [1.29, 1.82) is 0 Å². The molecule has 0 aliphatic carbocycles. The maximum atomic E-state index is 10.4. The molecule has 2 nitrogen and oxygen atoms in total. The number of ether oxygens (including phenoxy) is 1. The molecular formula is C17H19ClO2S. The molecule has 1 N–H and O–H groups in total. The van der Waals surface area contributed by atoms with Crippen LogP contribution in [0.25, 0.3) is 0 Å². The fourth-order valence-corrected chi connectivity index (χ4v) is 3.81. The van der Waals surface area contributed by atoms with E-state index in [0.717, 1.165) is 11.3 Å². The first-order valence-corrected chi connectivity index (χ1v) is 8.28. The summed E-state index contributed by atoms with van der Waals surface area (Å²) in [5.41, 5.74) is 0.924. The number of thiophene rings is 1. The summed E-state index contributed by atoms with van der Waals surface area (Å²) < 4.78 is 6.06. The van der Waals surface area contributed by atoms with Crippen molar-refractivity contribution >= 4 is 22.9 Å². The van der Waals surface area contributed by atoms with Gasteiger partial charge in [0.15, 0.2) is 0 Å². The van der Waals surface area contributed by atoms with E-state index in [-0.39, 0.29) is 11.5 Å². The predicted octanol–water partition coefficient (Wildman–Crippen LogP) is 5.26. The van der Waals surface area contributed by atoms with Crippen LogP contribution in [0.1, 0.15) is 54.7 Å². The largest absolute Gasteiger partial charge is 0.484 e. The molecule has 0 radical (unpaired) electrons. The van der Waals surface area contributed by atoms with Crippen molar-refractivity contribution in [3.63, 3.8) is 0 Å². The second-order valence-electron chi connectivity index (χ2n) is 6.49. The number of hydrogen-bond donors (Lipinski definition) is 1. The first-order chi connectivity index (χ1) is 9.84. The zero-order chi connectivity index (χ0) is 15.2. The van der Waals surface area contributed by atoms with Gasteiger partial charge in [0.05, 0.1) is 6.10 Å². The summed E-state index contributed by atoms with van der Waals surface area (Å²) in [5.74, 6) is 0.730. The predicted molar refractivity (Wildman–Crippen MR) is 87.4 cm³/mol. The Bertz CT molecular complexity index is 657. The highest BCUT2D eigenvalue weighted by Crippen LogP contribution is 2.44. The molecule has 4 heteroatoms. The summed E-state index contributed by atoms with van der Waals surface area (Å²) in [7, 11) is 0. The Kier molecular flexibility index (Phi) is 3.76. The Labute approximate surface area is 134 Å². The van der Waals surface area contributed by atoms with Gasteiger partial charge in [0.1, 0.15) is 11.9 Å². The van der Waals surface area contributed by atoms with Crippen molar-refractivity contribution in [3.05, 3.63) is 50.7 Å². The molecule has 112 valence electrons. The topological polar surface area (TPSA) is 29.5 Å². The highest BCUT2D eigenvalue weighted by Gasteiger charge is 2.30. The first-order valence-electron chi connectivity index (χ1n) is 7.09. The van der Waals surface area contributed by atoms with Crippen LogP contribution >= 0.6 is 22.9 Å². The van der Waals surface area contributed by atoms with Gasteiger partial charge in [0.2, 0.25) is 0 Å². The van der Waals surface area contributed by atoms with Gasteiger partial charge >= 0.3 is 0 Å². The van der Waals surface area contributed by atoms with E-state index < -0.39 is 6.10 Å². The molecule has 2 aromatic rings. The van der Waals surface area contributed by atoms with E-state index >= 15 is 0 Å². The molecule has 1 aromatic heterocycles. The smallest absolute Gasteiger partial charge is 0.136 e. The Balaban J connectivity index is 1.89. The van der Waals surface area contributed by atoms with Crippen molar-refractivity contribution in [1.82, 2.24) is 0 Å². The maximum absolute atomic E-state index is 10.4. The molecule has 1 unspecified atom stereocenters. The molecule has 0 fully saturated rings. The van der Waals surface area contributed by atoms with Crippen molar-refractivity contribution < 1.29 is 9.84 Å². The molecule has 1 aromatic carbocycles. The van der Waals surface area contributed by atoms with Gasteiger partial charge in [0.25, 0.3) is 0 Å². The lowest BCUT2D eigenvalue weighted by molar-refractivity contribution is 0.0674. The molecule has 0 saturated heterocycles. The van der Waals surface area contributed by atoms with Crippen molar-refractivity contribution in [2.45, 2.75) is 44.8 Å². The van der Waals surface area contributed by atoms with E-state index in [2.05, 4.69) is 32.9 Å². The standard InChI is InChI=1S/C17H19ClO2S/c1-17(2,3)16-7-6-15(21-16)14-9-12(19)11-8-10(18)4-5-13(11)20-14/h4-8,12,14,19H,9H2,1-3H3/t12-,14?/m1/s1. The van der Waals surface area contributed by atoms with Crippen LogP contribution in [0.4, 0.5) is 0 Å². The van der Waals surface area contributed by atoms with Gasteiger partial charge in [-0.15, -0.1) is 11.3 Å². The van der Waals surface area contributed by atoms with Crippen molar-refractivity contribution in [2.24, 2.45) is 0 Å². The van der Waals surface area contributed by atoms with Gasteiger partial charge in [-0.2, -0.15) is 0 Å². The molecule has 0 spiro atoms. The molecule has 1 aliphatic rings. The van der Waals surface area contributed by atoms with Crippen LogP contribution in [0.3, 0.4) is 0 Å². The number of aliphatic hydroxyl groups is 1. The summed E-state index contributed by atoms with van der Waals surface area (Å²) in [6.07, 6.45) is -0.0512. The van der Waals surface area contributed by atoms with E-state index in [1.54, 1.807) is 23.5 Å². The van der Waals surface area contributed by atoms with E-state index in [1.165, 1.54) is 9.75 Å². The fraction of sp³-hybridized carbons (Fsp3) is 0.412. The molecule has 2 atom stereocenters. The van der Waals surface area contributed by atoms with Gasteiger partial charge in [-0.05, 0) is 35.7 Å². The number of hydrogen-bond acceptors (Lipinski definition) is 3. The van der Waals surface area contributed by atoms with E-state index in [0.29, 0.717) is 11.4 Å². The van der Waals surface area contributed by atoms with Crippen LogP contribution < -0.4 is 4.74 Å². The molecule has 21 heavy (non-hydrogen) atoms. The highest BCUT2D eigenvalue weighted by atomic mass is 35.5. The maximum Gasteiger partial charge on any atom is 0.136 e. The Morgan fingerprint density at radius 1 is 1.24 bits per heavy atom. The molecule has 1 aliphatic heterocycles. The lowest BCUT2D eigenvalue weighted by atomic mass is 9.95. The number of halogens is 1. The molecule has 0 saturated carbocycles. The molecule has 3 rings (SSSR count). The van der Waals surface area contributed by atoms with Crippen LogP contribution in [0.15, 0.2) is 30.3 Å². The van der Waals surface area contributed by atoms with Gasteiger partial charge in [-0.1, -0.05) is 32.4 Å². The average Bonchev–Trinajstić information content (AvgIpc) is 2.89. The fourth-order valence-electron chi connectivity index (χ4n) is 2.52. The quantitative estimate of drug-likeness (QED) is 0.776. The monoisotopic (exact) mass is 322 g/mol. The minimum Gasteiger partial charge on any atom is -0.484 e. The van der Waals surface area contributed by atoms with Crippen molar-refractivity contribution in [3.8, 4) is 5.75 Å². The first kappa shape index (κ1) is 14.9. The normalized spacial score (nSPS) is 21.8. The number of benzene rings is 1. The van der Waals surface area contributed by atoms with Crippen LogP contribution in [0.5, 0.6) is 5.75 Å². The second kappa shape index (κ2) is 5.31. The zero-order valence-corrected chi connectivity index (χ0v) is 14.0. The Hall–Kier alpha value is -1.03. The minimum atomic E-state index is -0.530. The van der Waals surface area contributed by atoms with Gasteiger partial charge in [-0.3, -0.25) is 0 Å². The Morgan fingerprint density at radius 2 is 2.00 bits per heavy atom. The summed E-state index contributed by atoms with van der Waals surface area (Å²) in [6.45, 7) is 6.61. The third-order valence-corrected chi connectivity index (χ3v) is 5.56. The highest BCUT2D eigenvalue weighted by molar-refractivity contribution is 7.12. The zero-order valence-electron chi connectivity index (χ0n) is 12.4. The third-order valence-electron chi connectivity index (χ3n) is 3.72. The van der Waals surface area contributed by atoms with Gasteiger partial charge in [-0.25, -0.2) is 0 Å². The van der Waals surface area contributed by atoms with Crippen LogP contribution in [0, 0.1) is 0 Å². The van der Waals surface area contributed by atoms with E-state index in [1.807, 2.05) is 6.07 Å². The van der Waals surface area contributed by atoms with Gasteiger partial charge in [0, 0.05) is 26.8 Å². The Morgan fingerprint density at radius 3 is 2.67 bits per heavy atom. The van der Waals surface area contributed by atoms with Crippen LogP contribution in [-0.2, 0) is 5.41 Å². The number of rotatable bonds is 1. The number of fused-ring (bicyclic) bond motifs is 1. The van der Waals surface area contributed by atoms with Crippen LogP contribution in [-0.4, -0.2) is 5.11 Å².